The molecule has 0 aliphatic carbocycles. The van der Waals surface area contributed by atoms with Gasteiger partial charge in [-0.25, -0.2) is 0 Å². The Morgan fingerprint density at radius 1 is 0.545 bits per heavy atom. The molecule has 0 radical (unpaired) electrons. The number of ether oxygens (including phenoxy) is 2. The van der Waals surface area contributed by atoms with Gasteiger partial charge in [0, 0.05) is 6.42 Å². The van der Waals surface area contributed by atoms with Crippen molar-refractivity contribution >= 4 is 11.9 Å². The standard InChI is InChI=1S/C29H56O4/c1-24(2)20-22-32-28(30)19-17-15-13-11-9-7-8-10-12-14-16-18-26(5)27(6)29(31)33-23-21-25(3)4/h24-27H,7-23H2,1-6H3. The number of hydrogen-bond acceptors (Lipinski definition) is 4. The van der Waals surface area contributed by atoms with E-state index in [2.05, 4.69) is 34.6 Å². The van der Waals surface area contributed by atoms with E-state index < -0.39 is 0 Å². The average molecular weight is 469 g/mol. The molecule has 0 heterocycles. The fraction of sp³-hybridized carbons (Fsp3) is 0.931. The molecule has 0 N–H and O–H groups in total. The van der Waals surface area contributed by atoms with Gasteiger partial charge in [0.2, 0.25) is 0 Å². The van der Waals surface area contributed by atoms with Crippen LogP contribution < -0.4 is 0 Å². The summed E-state index contributed by atoms with van der Waals surface area (Å²) in [6.07, 6.45) is 17.3. The second-order valence-electron chi connectivity index (χ2n) is 10.9. The van der Waals surface area contributed by atoms with Crippen molar-refractivity contribution in [3.63, 3.8) is 0 Å². The van der Waals surface area contributed by atoms with Crippen LogP contribution in [0.1, 0.15) is 138 Å². The third-order valence-electron chi connectivity index (χ3n) is 6.66. The third kappa shape index (κ3) is 21.2. The summed E-state index contributed by atoms with van der Waals surface area (Å²) < 4.78 is 10.7. The van der Waals surface area contributed by atoms with Gasteiger partial charge in [-0.1, -0.05) is 106 Å². The lowest BCUT2D eigenvalue weighted by Crippen LogP contribution is -2.22. The molecule has 196 valence electrons. The summed E-state index contributed by atoms with van der Waals surface area (Å²) >= 11 is 0. The van der Waals surface area contributed by atoms with Crippen LogP contribution in [-0.4, -0.2) is 25.2 Å². The maximum Gasteiger partial charge on any atom is 0.308 e. The number of carbonyl (C=O) groups excluding carboxylic acids is 2. The van der Waals surface area contributed by atoms with Crippen LogP contribution in [0.25, 0.3) is 0 Å². The van der Waals surface area contributed by atoms with E-state index in [4.69, 9.17) is 9.47 Å². The van der Waals surface area contributed by atoms with Gasteiger partial charge in [0.15, 0.2) is 0 Å². The first-order chi connectivity index (χ1) is 15.7. The molecule has 0 saturated heterocycles. The molecule has 0 bridgehead atoms. The first-order valence-corrected chi connectivity index (χ1v) is 14.1. The molecule has 0 aliphatic heterocycles. The highest BCUT2D eigenvalue weighted by atomic mass is 16.5. The molecule has 2 unspecified atom stereocenters. The van der Waals surface area contributed by atoms with Gasteiger partial charge in [0.05, 0.1) is 19.1 Å². The summed E-state index contributed by atoms with van der Waals surface area (Å²) in [6, 6.07) is 0. The highest BCUT2D eigenvalue weighted by Crippen LogP contribution is 2.21. The summed E-state index contributed by atoms with van der Waals surface area (Å²) in [6.45, 7) is 13.9. The van der Waals surface area contributed by atoms with Gasteiger partial charge in [-0.3, -0.25) is 9.59 Å². The molecule has 0 rings (SSSR count). The monoisotopic (exact) mass is 468 g/mol. The number of unbranched alkanes of at least 4 members (excludes halogenated alkanes) is 10. The van der Waals surface area contributed by atoms with Gasteiger partial charge in [-0.2, -0.15) is 0 Å². The Morgan fingerprint density at radius 2 is 0.970 bits per heavy atom. The molecule has 4 nitrogen and oxygen atoms in total. The van der Waals surface area contributed by atoms with E-state index >= 15 is 0 Å². The second-order valence-corrected chi connectivity index (χ2v) is 10.9. The van der Waals surface area contributed by atoms with Crippen LogP contribution in [0.4, 0.5) is 0 Å². The Labute approximate surface area is 206 Å². The molecule has 0 aromatic rings. The van der Waals surface area contributed by atoms with Crippen molar-refractivity contribution in [2.45, 2.75) is 138 Å². The Balaban J connectivity index is 3.43. The topological polar surface area (TPSA) is 52.6 Å². The minimum absolute atomic E-state index is 0.00711. The largest absolute Gasteiger partial charge is 0.466 e. The van der Waals surface area contributed by atoms with E-state index in [1.165, 1.54) is 57.8 Å². The second kappa shape index (κ2) is 21.5. The zero-order valence-corrected chi connectivity index (χ0v) is 23.0. The van der Waals surface area contributed by atoms with Crippen LogP contribution in [0.5, 0.6) is 0 Å². The normalized spacial score (nSPS) is 13.3. The van der Waals surface area contributed by atoms with Crippen LogP contribution >= 0.6 is 0 Å². The van der Waals surface area contributed by atoms with Crippen LogP contribution in [0.2, 0.25) is 0 Å². The summed E-state index contributed by atoms with van der Waals surface area (Å²) in [5.41, 5.74) is 0. The number of hydrogen-bond donors (Lipinski definition) is 0. The van der Waals surface area contributed by atoms with Crippen LogP contribution in [0, 0.1) is 23.7 Å². The van der Waals surface area contributed by atoms with E-state index in [9.17, 15) is 9.59 Å². The van der Waals surface area contributed by atoms with Crippen molar-refractivity contribution in [3.05, 3.63) is 0 Å². The number of carbonyl (C=O) groups is 2. The van der Waals surface area contributed by atoms with Crippen LogP contribution in [0.3, 0.4) is 0 Å². The summed E-state index contributed by atoms with van der Waals surface area (Å²) in [5.74, 6) is 1.52. The molecule has 4 heteroatoms. The van der Waals surface area contributed by atoms with Crippen molar-refractivity contribution in [1.29, 1.82) is 0 Å². The van der Waals surface area contributed by atoms with Gasteiger partial charge in [0.25, 0.3) is 0 Å². The first-order valence-electron chi connectivity index (χ1n) is 14.1. The van der Waals surface area contributed by atoms with Crippen molar-refractivity contribution in [3.8, 4) is 0 Å². The number of rotatable bonds is 22. The molecule has 0 aliphatic rings. The first kappa shape index (κ1) is 31.9. The van der Waals surface area contributed by atoms with Crippen molar-refractivity contribution in [2.75, 3.05) is 13.2 Å². The van der Waals surface area contributed by atoms with Crippen molar-refractivity contribution < 1.29 is 19.1 Å². The molecule has 0 fully saturated rings. The number of esters is 2. The lowest BCUT2D eigenvalue weighted by molar-refractivity contribution is -0.150. The van der Waals surface area contributed by atoms with E-state index in [-0.39, 0.29) is 17.9 Å². The van der Waals surface area contributed by atoms with Crippen molar-refractivity contribution in [2.24, 2.45) is 23.7 Å². The minimum atomic E-state index is -0.0268. The molecular formula is C29H56O4. The van der Waals surface area contributed by atoms with Gasteiger partial charge < -0.3 is 9.47 Å². The molecule has 0 spiro atoms. The zero-order valence-electron chi connectivity index (χ0n) is 23.0. The Hall–Kier alpha value is -1.06. The van der Waals surface area contributed by atoms with Gasteiger partial charge in [0.1, 0.15) is 0 Å². The van der Waals surface area contributed by atoms with Gasteiger partial charge >= 0.3 is 11.9 Å². The average Bonchev–Trinajstić information content (AvgIpc) is 2.75. The van der Waals surface area contributed by atoms with Crippen LogP contribution in [-0.2, 0) is 19.1 Å². The predicted octanol–water partition coefficient (Wildman–Crippen LogP) is 8.51. The van der Waals surface area contributed by atoms with Gasteiger partial charge in [-0.15, -0.1) is 0 Å². The Kier molecular flexibility index (Phi) is 20.8. The minimum Gasteiger partial charge on any atom is -0.466 e. The zero-order chi connectivity index (χ0) is 24.9. The van der Waals surface area contributed by atoms with Crippen LogP contribution in [0.15, 0.2) is 0 Å². The van der Waals surface area contributed by atoms with E-state index in [1.54, 1.807) is 0 Å². The molecular weight excluding hydrogens is 412 g/mol. The molecule has 33 heavy (non-hydrogen) atoms. The highest BCUT2D eigenvalue weighted by Gasteiger charge is 2.21. The molecule has 0 aromatic carbocycles. The SMILES string of the molecule is CC(C)CCOC(=O)CCCCCCCCCCCCCC(C)C(C)C(=O)OCCC(C)C. The van der Waals surface area contributed by atoms with E-state index in [0.29, 0.717) is 37.4 Å². The maximum atomic E-state index is 12.1. The lowest BCUT2D eigenvalue weighted by Gasteiger charge is -2.19. The third-order valence-corrected chi connectivity index (χ3v) is 6.66. The molecule has 2 atom stereocenters. The van der Waals surface area contributed by atoms with Gasteiger partial charge in [-0.05, 0) is 43.4 Å². The summed E-state index contributed by atoms with van der Waals surface area (Å²) in [7, 11) is 0. The summed E-state index contributed by atoms with van der Waals surface area (Å²) in [5, 5.41) is 0. The summed E-state index contributed by atoms with van der Waals surface area (Å²) in [4.78, 5) is 23.8. The molecule has 0 aromatic heterocycles. The Morgan fingerprint density at radius 3 is 1.45 bits per heavy atom. The molecule has 0 saturated carbocycles. The quantitative estimate of drug-likeness (QED) is 0.118. The predicted molar refractivity (Wildman–Crippen MR) is 139 cm³/mol. The fourth-order valence-electron chi connectivity index (χ4n) is 3.82. The maximum absolute atomic E-state index is 12.1. The molecule has 0 amide bonds. The van der Waals surface area contributed by atoms with E-state index in [0.717, 1.165) is 32.1 Å². The van der Waals surface area contributed by atoms with Crippen molar-refractivity contribution in [1.82, 2.24) is 0 Å². The fourth-order valence-corrected chi connectivity index (χ4v) is 3.82. The smallest absolute Gasteiger partial charge is 0.308 e. The Bertz CT molecular complexity index is 472. The van der Waals surface area contributed by atoms with E-state index in [1.807, 2.05) is 6.92 Å². The highest BCUT2D eigenvalue weighted by molar-refractivity contribution is 5.72. The lowest BCUT2D eigenvalue weighted by atomic mass is 9.90.